The molecule has 0 aliphatic heterocycles. The van der Waals surface area contributed by atoms with Gasteiger partial charge in [0.1, 0.15) is 17.5 Å². The van der Waals surface area contributed by atoms with Crippen molar-refractivity contribution >= 4 is 10.8 Å². The standard InChI is InChI=1S/C17H12F3N/c18-11-7-10(8-12(19)9-11)17(21)15-5-6-16(20)14-4-2-1-3-13(14)15/h1-9,17H,21H2. The fourth-order valence-corrected chi connectivity index (χ4v) is 2.49. The summed E-state index contributed by atoms with van der Waals surface area (Å²) in [4.78, 5) is 0. The highest BCUT2D eigenvalue weighted by Crippen LogP contribution is 2.29. The van der Waals surface area contributed by atoms with Gasteiger partial charge in [-0.05, 0) is 34.7 Å². The minimum absolute atomic E-state index is 0.310. The van der Waals surface area contributed by atoms with Gasteiger partial charge in [-0.2, -0.15) is 0 Å². The predicted molar refractivity (Wildman–Crippen MR) is 76.3 cm³/mol. The highest BCUT2D eigenvalue weighted by Gasteiger charge is 2.15. The Labute approximate surface area is 119 Å². The van der Waals surface area contributed by atoms with E-state index >= 15 is 0 Å². The molecule has 3 aromatic carbocycles. The maximum absolute atomic E-state index is 13.8. The molecule has 106 valence electrons. The van der Waals surface area contributed by atoms with Gasteiger partial charge < -0.3 is 5.73 Å². The third-order valence-corrected chi connectivity index (χ3v) is 3.48. The Kier molecular flexibility index (Phi) is 3.39. The van der Waals surface area contributed by atoms with E-state index in [0.717, 1.165) is 6.07 Å². The van der Waals surface area contributed by atoms with Crippen LogP contribution < -0.4 is 5.73 Å². The van der Waals surface area contributed by atoms with Gasteiger partial charge in [0.05, 0.1) is 6.04 Å². The zero-order valence-corrected chi connectivity index (χ0v) is 11.0. The van der Waals surface area contributed by atoms with Gasteiger partial charge in [-0.1, -0.05) is 30.3 Å². The maximum Gasteiger partial charge on any atom is 0.131 e. The first-order valence-corrected chi connectivity index (χ1v) is 6.45. The molecule has 0 aliphatic rings. The number of benzene rings is 3. The second kappa shape index (κ2) is 5.22. The molecule has 1 unspecified atom stereocenters. The Morgan fingerprint density at radius 1 is 0.762 bits per heavy atom. The number of rotatable bonds is 2. The second-order valence-corrected chi connectivity index (χ2v) is 4.86. The van der Waals surface area contributed by atoms with Gasteiger partial charge in [0.2, 0.25) is 0 Å². The molecule has 0 bridgehead atoms. The lowest BCUT2D eigenvalue weighted by molar-refractivity contribution is 0.577. The van der Waals surface area contributed by atoms with E-state index in [0.29, 0.717) is 21.9 Å². The van der Waals surface area contributed by atoms with Crippen molar-refractivity contribution in [2.24, 2.45) is 5.73 Å². The summed E-state index contributed by atoms with van der Waals surface area (Å²) in [7, 11) is 0. The number of halogens is 3. The maximum atomic E-state index is 13.8. The number of fused-ring (bicyclic) bond motifs is 1. The van der Waals surface area contributed by atoms with E-state index in [-0.39, 0.29) is 5.82 Å². The SMILES string of the molecule is NC(c1cc(F)cc(F)c1)c1ccc(F)c2ccccc12. The van der Waals surface area contributed by atoms with Crippen molar-refractivity contribution in [3.8, 4) is 0 Å². The highest BCUT2D eigenvalue weighted by atomic mass is 19.1. The van der Waals surface area contributed by atoms with Crippen LogP contribution in [0.4, 0.5) is 13.2 Å². The van der Waals surface area contributed by atoms with Gasteiger partial charge in [-0.25, -0.2) is 13.2 Å². The van der Waals surface area contributed by atoms with Crippen molar-refractivity contribution in [1.82, 2.24) is 0 Å². The van der Waals surface area contributed by atoms with E-state index in [9.17, 15) is 13.2 Å². The first-order chi connectivity index (χ1) is 10.1. The van der Waals surface area contributed by atoms with Crippen LogP contribution in [0.1, 0.15) is 17.2 Å². The first kappa shape index (κ1) is 13.6. The lowest BCUT2D eigenvalue weighted by Crippen LogP contribution is -2.13. The Balaban J connectivity index is 2.18. The molecule has 4 heteroatoms. The van der Waals surface area contributed by atoms with Crippen LogP contribution >= 0.6 is 0 Å². The van der Waals surface area contributed by atoms with Crippen molar-refractivity contribution in [1.29, 1.82) is 0 Å². The number of hydrogen-bond donors (Lipinski definition) is 1. The fraction of sp³-hybridized carbons (Fsp3) is 0.0588. The molecule has 0 heterocycles. The molecule has 0 amide bonds. The normalized spacial score (nSPS) is 12.6. The average molecular weight is 287 g/mol. The zero-order chi connectivity index (χ0) is 15.0. The summed E-state index contributed by atoms with van der Waals surface area (Å²) in [6.07, 6.45) is 0. The Bertz CT molecular complexity index is 794. The third-order valence-electron chi connectivity index (χ3n) is 3.48. The van der Waals surface area contributed by atoms with E-state index in [4.69, 9.17) is 5.73 Å². The molecule has 3 aromatic rings. The van der Waals surface area contributed by atoms with Crippen LogP contribution in [0.3, 0.4) is 0 Å². The molecule has 21 heavy (non-hydrogen) atoms. The molecule has 0 spiro atoms. The van der Waals surface area contributed by atoms with Crippen LogP contribution in [0.2, 0.25) is 0 Å². The Morgan fingerprint density at radius 3 is 2.05 bits per heavy atom. The van der Waals surface area contributed by atoms with Crippen LogP contribution in [0.15, 0.2) is 54.6 Å². The fourth-order valence-electron chi connectivity index (χ4n) is 2.49. The summed E-state index contributed by atoms with van der Waals surface area (Å²) >= 11 is 0. The van der Waals surface area contributed by atoms with Crippen LogP contribution in [-0.4, -0.2) is 0 Å². The predicted octanol–water partition coefficient (Wildman–Crippen LogP) is 4.31. The topological polar surface area (TPSA) is 26.0 Å². The van der Waals surface area contributed by atoms with Gasteiger partial charge >= 0.3 is 0 Å². The Hall–Kier alpha value is -2.33. The van der Waals surface area contributed by atoms with Crippen molar-refractivity contribution in [2.75, 3.05) is 0 Å². The van der Waals surface area contributed by atoms with E-state index < -0.39 is 17.7 Å². The minimum atomic E-state index is -0.735. The summed E-state index contributed by atoms with van der Waals surface area (Å²) in [5.74, 6) is -1.73. The molecule has 2 N–H and O–H groups in total. The molecule has 0 radical (unpaired) electrons. The van der Waals surface area contributed by atoms with Gasteiger partial charge in [0, 0.05) is 11.5 Å². The van der Waals surface area contributed by atoms with Crippen molar-refractivity contribution in [3.63, 3.8) is 0 Å². The molecule has 0 aliphatic carbocycles. The van der Waals surface area contributed by atoms with Crippen molar-refractivity contribution < 1.29 is 13.2 Å². The summed E-state index contributed by atoms with van der Waals surface area (Å²) in [6, 6.07) is 12.2. The molecule has 0 aromatic heterocycles. The van der Waals surface area contributed by atoms with Crippen LogP contribution in [-0.2, 0) is 0 Å². The molecular formula is C17H12F3N. The molecule has 1 nitrogen and oxygen atoms in total. The molecular weight excluding hydrogens is 275 g/mol. The molecule has 0 fully saturated rings. The van der Waals surface area contributed by atoms with E-state index in [2.05, 4.69) is 0 Å². The van der Waals surface area contributed by atoms with E-state index in [1.807, 2.05) is 0 Å². The zero-order valence-electron chi connectivity index (χ0n) is 11.0. The minimum Gasteiger partial charge on any atom is -0.320 e. The van der Waals surface area contributed by atoms with Crippen LogP contribution in [0.5, 0.6) is 0 Å². The second-order valence-electron chi connectivity index (χ2n) is 4.86. The summed E-state index contributed by atoms with van der Waals surface area (Å²) in [5.41, 5.74) is 7.05. The van der Waals surface area contributed by atoms with E-state index in [1.165, 1.54) is 18.2 Å². The summed E-state index contributed by atoms with van der Waals surface area (Å²) in [5, 5.41) is 1.07. The van der Waals surface area contributed by atoms with Crippen LogP contribution in [0, 0.1) is 17.5 Å². The van der Waals surface area contributed by atoms with Gasteiger partial charge in [-0.3, -0.25) is 0 Å². The molecule has 0 saturated carbocycles. The van der Waals surface area contributed by atoms with Gasteiger partial charge in [0.15, 0.2) is 0 Å². The summed E-state index contributed by atoms with van der Waals surface area (Å²) < 4.78 is 40.5. The van der Waals surface area contributed by atoms with E-state index in [1.54, 1.807) is 30.3 Å². The van der Waals surface area contributed by atoms with Crippen LogP contribution in [0.25, 0.3) is 10.8 Å². The quantitative estimate of drug-likeness (QED) is 0.747. The Morgan fingerprint density at radius 2 is 1.38 bits per heavy atom. The largest absolute Gasteiger partial charge is 0.320 e. The summed E-state index contributed by atoms with van der Waals surface area (Å²) in [6.45, 7) is 0. The van der Waals surface area contributed by atoms with Crippen molar-refractivity contribution in [3.05, 3.63) is 83.2 Å². The van der Waals surface area contributed by atoms with Gasteiger partial charge in [0.25, 0.3) is 0 Å². The third kappa shape index (κ3) is 2.50. The molecule has 3 rings (SSSR count). The van der Waals surface area contributed by atoms with Crippen molar-refractivity contribution in [2.45, 2.75) is 6.04 Å². The molecule has 1 atom stereocenters. The number of nitrogens with two attached hydrogens (primary N) is 1. The first-order valence-electron chi connectivity index (χ1n) is 6.45. The number of hydrogen-bond acceptors (Lipinski definition) is 1. The smallest absolute Gasteiger partial charge is 0.131 e. The highest BCUT2D eigenvalue weighted by molar-refractivity contribution is 5.87. The average Bonchev–Trinajstić information content (AvgIpc) is 2.46. The lowest BCUT2D eigenvalue weighted by atomic mass is 9.94. The molecule has 0 saturated heterocycles. The van der Waals surface area contributed by atoms with Gasteiger partial charge in [-0.15, -0.1) is 0 Å². The lowest BCUT2D eigenvalue weighted by Gasteiger charge is -2.16. The monoisotopic (exact) mass is 287 g/mol.